The maximum atomic E-state index is 13.6. The van der Waals surface area contributed by atoms with Gasteiger partial charge in [0.25, 0.3) is 0 Å². The highest BCUT2D eigenvalue weighted by atomic mass is 16.5. The highest BCUT2D eigenvalue weighted by Gasteiger charge is 2.27. The number of carbonyl (C=O) groups is 3. The van der Waals surface area contributed by atoms with Crippen LogP contribution in [0.3, 0.4) is 0 Å². The highest BCUT2D eigenvalue weighted by Crippen LogP contribution is 2.21. The molecule has 3 N–H and O–H groups in total. The van der Waals surface area contributed by atoms with Crippen LogP contribution in [0.5, 0.6) is 0 Å². The predicted octanol–water partition coefficient (Wildman–Crippen LogP) is 5.90. The first-order valence-electron chi connectivity index (χ1n) is 15.6. The molecule has 0 spiro atoms. The zero-order valence-corrected chi connectivity index (χ0v) is 26.0. The summed E-state index contributed by atoms with van der Waals surface area (Å²) in [6.45, 7) is 7.30. The number of benzene rings is 3. The molecule has 7 nitrogen and oxygen atoms in total. The minimum atomic E-state index is -0.690. The number of hydrogen-bond donors (Lipinski definition) is 3. The summed E-state index contributed by atoms with van der Waals surface area (Å²) in [5.41, 5.74) is 2.84. The van der Waals surface area contributed by atoms with Crippen molar-refractivity contribution in [1.29, 1.82) is 0 Å². The Morgan fingerprint density at radius 1 is 0.778 bits per heavy atom. The van der Waals surface area contributed by atoms with E-state index in [4.69, 9.17) is 4.74 Å². The predicted molar refractivity (Wildman–Crippen MR) is 178 cm³/mol. The summed E-state index contributed by atoms with van der Waals surface area (Å²) in [5, 5.41) is 15.7. The first-order valence-corrected chi connectivity index (χ1v) is 15.6. The Kier molecular flexibility index (Phi) is 15.3. The number of aliphatic hydroxyl groups is 1. The summed E-state index contributed by atoms with van der Waals surface area (Å²) in [4.78, 5) is 39.9. The number of hydrogen-bond acceptors (Lipinski definition) is 5. The van der Waals surface area contributed by atoms with Crippen molar-refractivity contribution in [3.63, 3.8) is 0 Å². The molecular formula is C38H46N2O5. The second-order valence-corrected chi connectivity index (χ2v) is 11.3. The Bertz CT molecular complexity index is 1330. The summed E-state index contributed by atoms with van der Waals surface area (Å²) < 4.78 is 5.86. The van der Waals surface area contributed by atoms with Gasteiger partial charge in [0.2, 0.25) is 11.8 Å². The average Bonchev–Trinajstić information content (AvgIpc) is 3.06. The molecule has 45 heavy (non-hydrogen) atoms. The van der Waals surface area contributed by atoms with Crippen molar-refractivity contribution in [2.75, 3.05) is 13.2 Å². The van der Waals surface area contributed by atoms with Crippen molar-refractivity contribution in [2.45, 2.75) is 57.0 Å². The Labute approximate surface area is 267 Å². The van der Waals surface area contributed by atoms with Gasteiger partial charge in [-0.25, -0.2) is 0 Å². The van der Waals surface area contributed by atoms with E-state index in [9.17, 15) is 19.5 Å². The lowest BCUT2D eigenvalue weighted by Gasteiger charge is -2.24. The molecule has 0 fully saturated rings. The largest absolute Gasteiger partial charge is 0.463 e. The van der Waals surface area contributed by atoms with E-state index in [2.05, 4.69) is 23.8 Å². The van der Waals surface area contributed by atoms with E-state index >= 15 is 0 Å². The number of allylic oxidation sites excluding steroid dienone is 2. The van der Waals surface area contributed by atoms with Gasteiger partial charge < -0.3 is 20.5 Å². The Hall–Kier alpha value is -4.49. The standard InChI is InChI=1S/C38H46N2O5/c1-3-5-9-23-33(24-29-17-10-6-11-18-29)38(44)45-28-35(31-21-14-8-15-22-31)40-37(43)32(16-4-2)26-36(42)39-34(27-41)25-30-19-12-7-13-20-30/h3-4,6-8,10-15,17-22,32-35,41H,1-2,5,9,16,23-28H2,(H,39,42)(H,40,43)/t32-,33+,34+,35+/m0/s1. The molecule has 7 heteroatoms. The van der Waals surface area contributed by atoms with Crippen LogP contribution in [-0.4, -0.2) is 42.1 Å². The van der Waals surface area contributed by atoms with E-state index in [1.807, 2.05) is 97.1 Å². The maximum absolute atomic E-state index is 13.6. The van der Waals surface area contributed by atoms with Gasteiger partial charge in [0.15, 0.2) is 0 Å². The number of carbonyl (C=O) groups excluding carboxylic acids is 3. The van der Waals surface area contributed by atoms with Crippen molar-refractivity contribution < 1.29 is 24.2 Å². The van der Waals surface area contributed by atoms with Gasteiger partial charge in [-0.15, -0.1) is 13.2 Å². The van der Waals surface area contributed by atoms with Crippen LogP contribution in [0.25, 0.3) is 0 Å². The molecule has 0 bridgehead atoms. The summed E-state index contributed by atoms with van der Waals surface area (Å²) in [5.74, 6) is -2.01. The van der Waals surface area contributed by atoms with Gasteiger partial charge in [-0.3, -0.25) is 14.4 Å². The summed E-state index contributed by atoms with van der Waals surface area (Å²) >= 11 is 0. The molecule has 0 aliphatic heterocycles. The van der Waals surface area contributed by atoms with E-state index in [-0.39, 0.29) is 49.8 Å². The molecule has 0 aromatic heterocycles. The molecule has 0 aliphatic rings. The van der Waals surface area contributed by atoms with Gasteiger partial charge in [0.1, 0.15) is 6.61 Å². The maximum Gasteiger partial charge on any atom is 0.309 e. The van der Waals surface area contributed by atoms with E-state index in [0.717, 1.165) is 29.5 Å². The average molecular weight is 611 g/mol. The minimum absolute atomic E-state index is 0.0436. The number of ether oxygens (including phenoxy) is 1. The third-order valence-corrected chi connectivity index (χ3v) is 7.69. The van der Waals surface area contributed by atoms with Crippen LogP contribution in [0.2, 0.25) is 0 Å². The van der Waals surface area contributed by atoms with Gasteiger partial charge in [0.05, 0.1) is 30.5 Å². The number of unbranched alkanes of at least 4 members (excludes halogenated alkanes) is 1. The molecule has 4 atom stereocenters. The first kappa shape index (κ1) is 35.0. The van der Waals surface area contributed by atoms with Crippen LogP contribution in [0.15, 0.2) is 116 Å². The fraction of sp³-hybridized carbons (Fsp3) is 0.342. The number of amides is 2. The molecule has 0 radical (unpaired) electrons. The van der Waals surface area contributed by atoms with E-state index in [1.165, 1.54) is 0 Å². The topological polar surface area (TPSA) is 105 Å². The van der Waals surface area contributed by atoms with Crippen LogP contribution < -0.4 is 10.6 Å². The minimum Gasteiger partial charge on any atom is -0.463 e. The smallest absolute Gasteiger partial charge is 0.309 e. The van der Waals surface area contributed by atoms with Crippen LogP contribution in [0, 0.1) is 11.8 Å². The Morgan fingerprint density at radius 2 is 1.38 bits per heavy atom. The number of nitrogens with one attached hydrogen (secondary N) is 2. The van der Waals surface area contributed by atoms with Crippen molar-refractivity contribution in [3.8, 4) is 0 Å². The fourth-order valence-corrected chi connectivity index (χ4v) is 5.24. The van der Waals surface area contributed by atoms with Gasteiger partial charge in [-0.2, -0.15) is 0 Å². The molecule has 0 saturated heterocycles. The first-order chi connectivity index (χ1) is 21.9. The molecule has 0 unspecified atom stereocenters. The lowest BCUT2D eigenvalue weighted by Crippen LogP contribution is -2.42. The molecule has 3 aromatic rings. The quantitative estimate of drug-likeness (QED) is 0.0839. The molecule has 3 rings (SSSR count). The summed E-state index contributed by atoms with van der Waals surface area (Å²) in [6, 6.07) is 27.7. The molecule has 0 aliphatic carbocycles. The third-order valence-electron chi connectivity index (χ3n) is 7.69. The lowest BCUT2D eigenvalue weighted by atomic mass is 9.94. The van der Waals surface area contributed by atoms with Gasteiger partial charge in [0, 0.05) is 6.42 Å². The van der Waals surface area contributed by atoms with Crippen molar-refractivity contribution >= 4 is 17.8 Å². The summed E-state index contributed by atoms with van der Waals surface area (Å²) in [7, 11) is 0. The number of aliphatic hydroxyl groups excluding tert-OH is 1. The third kappa shape index (κ3) is 12.6. The molecule has 2 amide bonds. The van der Waals surface area contributed by atoms with Crippen LogP contribution in [0.1, 0.15) is 54.8 Å². The van der Waals surface area contributed by atoms with Crippen molar-refractivity contribution in [1.82, 2.24) is 10.6 Å². The van der Waals surface area contributed by atoms with E-state index < -0.39 is 18.0 Å². The lowest BCUT2D eigenvalue weighted by molar-refractivity contribution is -0.150. The second-order valence-electron chi connectivity index (χ2n) is 11.3. The molecular weight excluding hydrogens is 564 g/mol. The molecule has 0 saturated carbocycles. The van der Waals surface area contributed by atoms with E-state index in [0.29, 0.717) is 19.3 Å². The van der Waals surface area contributed by atoms with Crippen molar-refractivity contribution in [2.24, 2.45) is 11.8 Å². The fourth-order valence-electron chi connectivity index (χ4n) is 5.24. The highest BCUT2D eigenvalue weighted by molar-refractivity contribution is 5.86. The van der Waals surface area contributed by atoms with Gasteiger partial charge in [-0.1, -0.05) is 103 Å². The van der Waals surface area contributed by atoms with Crippen LogP contribution >= 0.6 is 0 Å². The SMILES string of the molecule is C=CCCC[C@H](Cc1ccccc1)C(=O)OC[C@@H](NC(=O)[C@@H](CC=C)CC(=O)N[C@@H](CO)Cc1ccccc1)c1ccccc1. The van der Waals surface area contributed by atoms with E-state index in [1.54, 1.807) is 6.08 Å². The number of esters is 1. The van der Waals surface area contributed by atoms with Crippen molar-refractivity contribution in [3.05, 3.63) is 133 Å². The van der Waals surface area contributed by atoms with Gasteiger partial charge >= 0.3 is 5.97 Å². The van der Waals surface area contributed by atoms with Crippen LogP contribution in [0.4, 0.5) is 0 Å². The van der Waals surface area contributed by atoms with Crippen LogP contribution in [-0.2, 0) is 32.0 Å². The molecule has 0 heterocycles. The molecule has 3 aromatic carbocycles. The zero-order valence-electron chi connectivity index (χ0n) is 26.0. The normalized spacial score (nSPS) is 13.4. The second kappa shape index (κ2) is 19.7. The molecule has 238 valence electrons. The Morgan fingerprint density at radius 3 is 1.96 bits per heavy atom. The van der Waals surface area contributed by atoms with Gasteiger partial charge in [-0.05, 0) is 55.2 Å². The Balaban J connectivity index is 1.67. The zero-order chi connectivity index (χ0) is 32.3. The monoisotopic (exact) mass is 610 g/mol. The summed E-state index contributed by atoms with van der Waals surface area (Å²) in [6.07, 6.45) is 7.00. The number of rotatable bonds is 20.